The van der Waals surface area contributed by atoms with E-state index in [0.29, 0.717) is 5.75 Å². The van der Waals surface area contributed by atoms with Crippen molar-refractivity contribution < 1.29 is 5.11 Å². The smallest absolute Gasteiger partial charge is 0.115 e. The minimum atomic E-state index is 0.298. The lowest BCUT2D eigenvalue weighted by atomic mass is 10.0. The highest BCUT2D eigenvalue weighted by Crippen LogP contribution is 2.25. The zero-order valence-electron chi connectivity index (χ0n) is 8.64. The van der Waals surface area contributed by atoms with E-state index in [9.17, 15) is 5.11 Å². The summed E-state index contributed by atoms with van der Waals surface area (Å²) in [5, 5.41) is 10.4. The maximum atomic E-state index is 9.24. The van der Waals surface area contributed by atoms with Gasteiger partial charge in [0.2, 0.25) is 0 Å². The van der Waals surface area contributed by atoms with Gasteiger partial charge in [-0.3, -0.25) is 0 Å². The maximum absolute atomic E-state index is 9.24. The molecule has 2 heteroatoms. The normalized spacial score (nSPS) is 10.8. The predicted molar refractivity (Wildman–Crippen MR) is 65.4 cm³/mol. The second-order valence-corrected chi connectivity index (χ2v) is 3.83. The summed E-state index contributed by atoms with van der Waals surface area (Å²) in [7, 11) is 0. The van der Waals surface area contributed by atoms with Gasteiger partial charge in [-0.05, 0) is 46.8 Å². The quantitative estimate of drug-likeness (QED) is 0.631. The van der Waals surface area contributed by atoms with E-state index in [4.69, 9.17) is 0 Å². The van der Waals surface area contributed by atoms with Crippen LogP contribution < -0.4 is 0 Å². The Morgan fingerprint density at radius 1 is 0.812 bits per heavy atom. The molecule has 0 amide bonds. The summed E-state index contributed by atoms with van der Waals surface area (Å²) in [6, 6.07) is 15.6. The molecule has 1 heterocycles. The van der Waals surface area contributed by atoms with Gasteiger partial charge in [0.1, 0.15) is 5.75 Å². The van der Waals surface area contributed by atoms with E-state index in [1.54, 1.807) is 12.1 Å². The Balaban J connectivity index is 2.14. The maximum Gasteiger partial charge on any atom is 0.115 e. The number of fused-ring (bicyclic) bond motifs is 1. The lowest BCUT2D eigenvalue weighted by Gasteiger charge is -2.02. The highest BCUT2D eigenvalue weighted by atomic mass is 16.3. The Hall–Kier alpha value is -2.22. The number of aromatic nitrogens is 1. The van der Waals surface area contributed by atoms with Crippen LogP contribution in [0.25, 0.3) is 22.0 Å². The summed E-state index contributed by atoms with van der Waals surface area (Å²) in [6.45, 7) is 0. The van der Waals surface area contributed by atoms with Crippen LogP contribution in [0.4, 0.5) is 0 Å². The van der Waals surface area contributed by atoms with Crippen LogP contribution in [0.15, 0.2) is 54.7 Å². The van der Waals surface area contributed by atoms with Crippen LogP contribution in [0, 0.1) is 0 Å². The number of nitrogens with one attached hydrogen (secondary N) is 1. The van der Waals surface area contributed by atoms with Gasteiger partial charge in [-0.25, -0.2) is 0 Å². The number of rotatable bonds is 1. The van der Waals surface area contributed by atoms with Gasteiger partial charge < -0.3 is 10.1 Å². The Kier molecular flexibility index (Phi) is 1.93. The molecule has 2 nitrogen and oxygen atoms in total. The van der Waals surface area contributed by atoms with Crippen molar-refractivity contribution in [2.45, 2.75) is 0 Å². The third-order valence-corrected chi connectivity index (χ3v) is 2.75. The van der Waals surface area contributed by atoms with Gasteiger partial charge in [0.25, 0.3) is 0 Å². The van der Waals surface area contributed by atoms with Gasteiger partial charge in [-0.15, -0.1) is 0 Å². The second-order valence-electron chi connectivity index (χ2n) is 3.83. The number of hydrogen-bond donors (Lipinski definition) is 2. The van der Waals surface area contributed by atoms with E-state index in [1.165, 1.54) is 5.39 Å². The average molecular weight is 209 g/mol. The molecule has 0 aliphatic rings. The molecule has 0 saturated heterocycles. The molecule has 0 spiro atoms. The van der Waals surface area contributed by atoms with Crippen LogP contribution in [0.1, 0.15) is 0 Å². The largest absolute Gasteiger partial charge is 0.508 e. The van der Waals surface area contributed by atoms with Crippen molar-refractivity contribution >= 4 is 10.9 Å². The number of hydrogen-bond acceptors (Lipinski definition) is 1. The molecule has 0 saturated carbocycles. The SMILES string of the molecule is Oc1ccc(-c2ccc3[nH]ccc3c2)cc1. The third kappa shape index (κ3) is 1.44. The first-order valence-electron chi connectivity index (χ1n) is 5.19. The molecule has 0 unspecified atom stereocenters. The first kappa shape index (κ1) is 9.04. The third-order valence-electron chi connectivity index (χ3n) is 2.75. The molecule has 16 heavy (non-hydrogen) atoms. The first-order chi connectivity index (χ1) is 7.83. The summed E-state index contributed by atoms with van der Waals surface area (Å²) in [6.07, 6.45) is 1.94. The van der Waals surface area contributed by atoms with Crippen LogP contribution >= 0.6 is 0 Å². The van der Waals surface area contributed by atoms with Crippen molar-refractivity contribution in [3.05, 3.63) is 54.7 Å². The van der Waals surface area contributed by atoms with Gasteiger partial charge in [-0.2, -0.15) is 0 Å². The molecule has 78 valence electrons. The van der Waals surface area contributed by atoms with E-state index in [1.807, 2.05) is 18.3 Å². The minimum Gasteiger partial charge on any atom is -0.508 e. The highest BCUT2D eigenvalue weighted by Gasteiger charge is 2.00. The van der Waals surface area contributed by atoms with Crippen molar-refractivity contribution in [3.8, 4) is 16.9 Å². The van der Waals surface area contributed by atoms with Crippen LogP contribution in [-0.4, -0.2) is 10.1 Å². The Bertz CT molecular complexity index is 623. The molecule has 2 N–H and O–H groups in total. The molecule has 0 radical (unpaired) electrons. The number of aromatic amines is 1. The molecule has 3 rings (SSSR count). The number of H-pyrrole nitrogens is 1. The molecule has 1 aromatic heterocycles. The van der Waals surface area contributed by atoms with Crippen molar-refractivity contribution in [1.82, 2.24) is 4.98 Å². The molecule has 0 bridgehead atoms. The van der Waals surface area contributed by atoms with Gasteiger partial charge in [0, 0.05) is 11.7 Å². The molecule has 0 aliphatic heterocycles. The summed E-state index contributed by atoms with van der Waals surface area (Å²) < 4.78 is 0. The standard InChI is InChI=1S/C14H11NO/c16-13-4-1-10(2-5-13)11-3-6-14-12(9-11)7-8-15-14/h1-9,15-16H. The monoisotopic (exact) mass is 209 g/mol. The van der Waals surface area contributed by atoms with E-state index in [-0.39, 0.29) is 0 Å². The van der Waals surface area contributed by atoms with Crippen LogP contribution in [0.3, 0.4) is 0 Å². The minimum absolute atomic E-state index is 0.298. The van der Waals surface area contributed by atoms with Crippen LogP contribution in [0.2, 0.25) is 0 Å². The van der Waals surface area contributed by atoms with E-state index in [0.717, 1.165) is 16.6 Å². The molecule has 3 aromatic rings. The zero-order valence-corrected chi connectivity index (χ0v) is 8.64. The number of phenolic OH excluding ortho intramolecular Hbond substituents is 1. The van der Waals surface area contributed by atoms with Crippen LogP contribution in [0.5, 0.6) is 5.75 Å². The highest BCUT2D eigenvalue weighted by molar-refractivity contribution is 5.85. The Morgan fingerprint density at radius 2 is 1.56 bits per heavy atom. The van der Waals surface area contributed by atoms with Gasteiger partial charge in [-0.1, -0.05) is 18.2 Å². The van der Waals surface area contributed by atoms with Crippen molar-refractivity contribution in [3.63, 3.8) is 0 Å². The zero-order chi connectivity index (χ0) is 11.0. The molecular weight excluding hydrogens is 198 g/mol. The topological polar surface area (TPSA) is 36.0 Å². The molecule has 0 fully saturated rings. The number of benzene rings is 2. The average Bonchev–Trinajstić information content (AvgIpc) is 2.77. The number of aromatic hydroxyl groups is 1. The fourth-order valence-electron chi connectivity index (χ4n) is 1.89. The van der Waals surface area contributed by atoms with Gasteiger partial charge >= 0.3 is 0 Å². The van der Waals surface area contributed by atoms with Crippen LogP contribution in [-0.2, 0) is 0 Å². The number of phenols is 1. The van der Waals surface area contributed by atoms with Crippen molar-refractivity contribution in [2.75, 3.05) is 0 Å². The fourth-order valence-corrected chi connectivity index (χ4v) is 1.89. The summed E-state index contributed by atoms with van der Waals surface area (Å²) in [5.41, 5.74) is 3.41. The van der Waals surface area contributed by atoms with E-state index in [2.05, 4.69) is 29.2 Å². The predicted octanol–water partition coefficient (Wildman–Crippen LogP) is 3.54. The fraction of sp³-hybridized carbons (Fsp3) is 0. The van der Waals surface area contributed by atoms with Gasteiger partial charge in [0.15, 0.2) is 0 Å². The molecule has 0 atom stereocenters. The Morgan fingerprint density at radius 3 is 2.38 bits per heavy atom. The lowest BCUT2D eigenvalue weighted by Crippen LogP contribution is -1.77. The van der Waals surface area contributed by atoms with Gasteiger partial charge in [0.05, 0.1) is 0 Å². The van der Waals surface area contributed by atoms with Crippen molar-refractivity contribution in [1.29, 1.82) is 0 Å². The molecule has 2 aromatic carbocycles. The molecular formula is C14H11NO. The first-order valence-corrected chi connectivity index (χ1v) is 5.19. The van der Waals surface area contributed by atoms with Crippen molar-refractivity contribution in [2.24, 2.45) is 0 Å². The Labute approximate surface area is 93.2 Å². The second kappa shape index (κ2) is 3.42. The summed E-state index contributed by atoms with van der Waals surface area (Å²) >= 11 is 0. The lowest BCUT2D eigenvalue weighted by molar-refractivity contribution is 0.475. The summed E-state index contributed by atoms with van der Waals surface area (Å²) in [4.78, 5) is 3.17. The molecule has 0 aliphatic carbocycles. The van der Waals surface area contributed by atoms with E-state index < -0.39 is 0 Å². The summed E-state index contributed by atoms with van der Waals surface area (Å²) in [5.74, 6) is 0.298. The van der Waals surface area contributed by atoms with E-state index >= 15 is 0 Å².